The number of benzene rings is 3. The van der Waals surface area contributed by atoms with Crippen LogP contribution in [-0.2, 0) is 4.79 Å². The highest BCUT2D eigenvalue weighted by Gasteiger charge is 2.33. The first-order chi connectivity index (χ1) is 16.6. The molecule has 0 radical (unpaired) electrons. The molecule has 1 fully saturated rings. The van der Waals surface area contributed by atoms with Crippen molar-refractivity contribution in [2.75, 3.05) is 32.3 Å². The molecule has 1 aliphatic rings. The molecule has 8 heteroatoms. The zero-order valence-corrected chi connectivity index (χ0v) is 20.4. The normalized spacial score (nSPS) is 14.4. The molecule has 4 rings (SSSR count). The molecule has 3 aromatic rings. The molecule has 174 valence electrons. The fourth-order valence-corrected chi connectivity index (χ4v) is 4.64. The first kappa shape index (κ1) is 23.7. The van der Waals surface area contributed by atoms with E-state index < -0.39 is 0 Å². The van der Waals surface area contributed by atoms with E-state index in [1.54, 1.807) is 20.3 Å². The first-order valence-corrected chi connectivity index (χ1v) is 11.7. The van der Waals surface area contributed by atoms with Crippen LogP contribution in [0.5, 0.6) is 23.0 Å². The monoisotopic (exact) mass is 493 g/mol. The second-order valence-corrected chi connectivity index (χ2v) is 8.78. The fourth-order valence-electron chi connectivity index (χ4n) is 3.35. The van der Waals surface area contributed by atoms with E-state index in [9.17, 15) is 4.79 Å². The van der Waals surface area contributed by atoms with Crippen molar-refractivity contribution in [3.63, 3.8) is 0 Å². The van der Waals surface area contributed by atoms with Gasteiger partial charge in [0.25, 0.3) is 5.91 Å². The minimum absolute atomic E-state index is 0.172. The van der Waals surface area contributed by atoms with E-state index in [1.807, 2.05) is 72.8 Å². The second-order valence-electron chi connectivity index (χ2n) is 7.10. The summed E-state index contributed by atoms with van der Waals surface area (Å²) in [6.07, 6.45) is 1.78. The Morgan fingerprint density at radius 2 is 1.53 bits per heavy atom. The van der Waals surface area contributed by atoms with Gasteiger partial charge in [0.1, 0.15) is 24.7 Å². The predicted octanol–water partition coefficient (Wildman–Crippen LogP) is 5.57. The molecule has 0 aliphatic carbocycles. The van der Waals surface area contributed by atoms with Crippen LogP contribution < -0.4 is 23.8 Å². The Kier molecular flexibility index (Phi) is 7.72. The van der Waals surface area contributed by atoms with Crippen molar-refractivity contribution in [2.24, 2.45) is 0 Å². The van der Waals surface area contributed by atoms with Crippen LogP contribution in [0.4, 0.5) is 5.69 Å². The second kappa shape index (κ2) is 11.1. The lowest BCUT2D eigenvalue weighted by atomic mass is 10.1. The van der Waals surface area contributed by atoms with E-state index in [1.165, 1.54) is 16.7 Å². The summed E-state index contributed by atoms with van der Waals surface area (Å²) in [6, 6.07) is 22.2. The number of thiocarbonyl (C=S) groups is 1. The molecule has 34 heavy (non-hydrogen) atoms. The van der Waals surface area contributed by atoms with Crippen molar-refractivity contribution in [3.05, 3.63) is 83.3 Å². The highest BCUT2D eigenvalue weighted by Crippen LogP contribution is 2.37. The lowest BCUT2D eigenvalue weighted by Gasteiger charge is -2.14. The van der Waals surface area contributed by atoms with Crippen molar-refractivity contribution < 1.29 is 23.7 Å². The fraction of sp³-hybridized carbons (Fsp3) is 0.154. The van der Waals surface area contributed by atoms with Gasteiger partial charge in [-0.2, -0.15) is 0 Å². The molecule has 1 saturated heterocycles. The molecule has 0 aromatic heterocycles. The third kappa shape index (κ3) is 5.35. The van der Waals surface area contributed by atoms with Gasteiger partial charge in [0.15, 0.2) is 15.8 Å². The predicted molar refractivity (Wildman–Crippen MR) is 139 cm³/mol. The van der Waals surface area contributed by atoms with Gasteiger partial charge in [-0.15, -0.1) is 0 Å². The molecule has 0 atom stereocenters. The van der Waals surface area contributed by atoms with Crippen LogP contribution >= 0.6 is 24.0 Å². The van der Waals surface area contributed by atoms with Gasteiger partial charge in [-0.25, -0.2) is 0 Å². The number of para-hydroxylation sites is 3. The number of nitrogens with zero attached hydrogens (tertiary/aromatic N) is 1. The summed E-state index contributed by atoms with van der Waals surface area (Å²) in [5, 5.41) is 0. The van der Waals surface area contributed by atoms with Crippen molar-refractivity contribution in [3.8, 4) is 23.0 Å². The Balaban J connectivity index is 1.50. The molecule has 0 bridgehead atoms. The lowest BCUT2D eigenvalue weighted by Crippen LogP contribution is -2.27. The van der Waals surface area contributed by atoms with Gasteiger partial charge in [0.2, 0.25) is 0 Å². The van der Waals surface area contributed by atoms with Gasteiger partial charge in [-0.3, -0.25) is 9.69 Å². The molecule has 3 aromatic carbocycles. The highest BCUT2D eigenvalue weighted by atomic mass is 32.2. The Labute approximate surface area is 208 Å². The average Bonchev–Trinajstić information content (AvgIpc) is 3.15. The van der Waals surface area contributed by atoms with Crippen LogP contribution in [0.25, 0.3) is 6.08 Å². The standard InChI is InChI=1S/C26H23NO5S2/c1-29-20-12-13-21(31-14-15-32-23-11-7-6-10-22(23)30-2)18(16-20)17-24-25(28)27(26(33)34-24)19-8-4-3-5-9-19/h3-13,16-17H,14-15H2,1-2H3/b24-17-. The Morgan fingerprint density at radius 1 is 0.853 bits per heavy atom. The van der Waals surface area contributed by atoms with Crippen LogP contribution in [0.3, 0.4) is 0 Å². The van der Waals surface area contributed by atoms with Gasteiger partial charge >= 0.3 is 0 Å². The summed E-state index contributed by atoms with van der Waals surface area (Å²) in [5.41, 5.74) is 1.45. The van der Waals surface area contributed by atoms with E-state index >= 15 is 0 Å². The number of ether oxygens (including phenoxy) is 4. The topological polar surface area (TPSA) is 57.2 Å². The molecule has 0 spiro atoms. The Hall–Kier alpha value is -3.49. The molecule has 0 N–H and O–H groups in total. The summed E-state index contributed by atoms with van der Waals surface area (Å²) >= 11 is 6.73. The van der Waals surface area contributed by atoms with Gasteiger partial charge in [-0.05, 0) is 48.5 Å². The quantitative estimate of drug-likeness (QED) is 0.219. The zero-order chi connectivity index (χ0) is 23.9. The SMILES string of the molecule is COc1ccc(OCCOc2ccccc2OC)c(/C=C2\SC(=S)N(c3ccccc3)C2=O)c1. The third-order valence-corrected chi connectivity index (χ3v) is 6.28. The summed E-state index contributed by atoms with van der Waals surface area (Å²) in [7, 11) is 3.19. The first-order valence-electron chi connectivity index (χ1n) is 10.5. The number of thioether (sulfide) groups is 1. The molecular formula is C26H23NO5S2. The van der Waals surface area contributed by atoms with E-state index in [-0.39, 0.29) is 5.91 Å². The number of hydrogen-bond donors (Lipinski definition) is 0. The molecule has 0 saturated carbocycles. The number of amides is 1. The Morgan fingerprint density at radius 3 is 2.24 bits per heavy atom. The summed E-state index contributed by atoms with van der Waals surface area (Å²) < 4.78 is 22.9. The molecule has 1 aliphatic heterocycles. The minimum Gasteiger partial charge on any atom is -0.497 e. The summed E-state index contributed by atoms with van der Waals surface area (Å²) in [6.45, 7) is 0.623. The third-order valence-electron chi connectivity index (χ3n) is 4.98. The van der Waals surface area contributed by atoms with Gasteiger partial charge < -0.3 is 18.9 Å². The van der Waals surface area contributed by atoms with Crippen LogP contribution in [-0.4, -0.2) is 37.7 Å². The van der Waals surface area contributed by atoms with E-state index in [4.69, 9.17) is 31.2 Å². The van der Waals surface area contributed by atoms with Crippen LogP contribution in [0, 0.1) is 0 Å². The van der Waals surface area contributed by atoms with Crippen molar-refractivity contribution >= 4 is 46.0 Å². The smallest absolute Gasteiger partial charge is 0.270 e. The molecular weight excluding hydrogens is 470 g/mol. The number of hydrogen-bond acceptors (Lipinski definition) is 7. The molecule has 1 amide bonds. The molecule has 1 heterocycles. The zero-order valence-electron chi connectivity index (χ0n) is 18.7. The maximum atomic E-state index is 13.1. The number of rotatable bonds is 9. The minimum atomic E-state index is -0.172. The average molecular weight is 494 g/mol. The summed E-state index contributed by atoms with van der Waals surface area (Å²) in [5.74, 6) is 2.40. The van der Waals surface area contributed by atoms with E-state index in [2.05, 4.69) is 0 Å². The van der Waals surface area contributed by atoms with Gasteiger partial charge in [0, 0.05) is 5.56 Å². The van der Waals surface area contributed by atoms with Crippen LogP contribution in [0.15, 0.2) is 77.7 Å². The van der Waals surface area contributed by atoms with Gasteiger partial charge in [0.05, 0.1) is 24.8 Å². The van der Waals surface area contributed by atoms with Crippen molar-refractivity contribution in [1.82, 2.24) is 0 Å². The highest BCUT2D eigenvalue weighted by molar-refractivity contribution is 8.27. The van der Waals surface area contributed by atoms with E-state index in [0.29, 0.717) is 51.0 Å². The Bertz CT molecular complexity index is 1210. The van der Waals surface area contributed by atoms with E-state index in [0.717, 1.165) is 5.69 Å². The number of methoxy groups -OCH3 is 2. The molecule has 0 unspecified atom stereocenters. The maximum absolute atomic E-state index is 13.1. The van der Waals surface area contributed by atoms with Crippen LogP contribution in [0.1, 0.15) is 5.56 Å². The van der Waals surface area contributed by atoms with Crippen molar-refractivity contribution in [2.45, 2.75) is 0 Å². The van der Waals surface area contributed by atoms with Crippen molar-refractivity contribution in [1.29, 1.82) is 0 Å². The largest absolute Gasteiger partial charge is 0.497 e. The number of carbonyl (C=O) groups is 1. The van der Waals surface area contributed by atoms with Crippen LogP contribution in [0.2, 0.25) is 0 Å². The number of carbonyl (C=O) groups excluding carboxylic acids is 1. The number of anilines is 1. The lowest BCUT2D eigenvalue weighted by molar-refractivity contribution is -0.113. The maximum Gasteiger partial charge on any atom is 0.270 e. The molecule has 6 nitrogen and oxygen atoms in total. The van der Waals surface area contributed by atoms with Gasteiger partial charge in [-0.1, -0.05) is 54.3 Å². The summed E-state index contributed by atoms with van der Waals surface area (Å²) in [4.78, 5) is 15.2.